The van der Waals surface area contributed by atoms with Gasteiger partial charge in [-0.1, -0.05) is 18.2 Å². The molecule has 208 valence electrons. The standard InChI is InChI=1S/C32H31N5O3S/c1-6-40-29-16-14-27(15-17-29)35-23(4)18-26(24(35)5)19-33-36-30(25-10-12-28(13-11-25)37(38)39)20-41-32(36)34-31-21(2)8-7-9-22(31)3/h7-20H,6H2,1-5H3/b33-19-,34-32?. The molecule has 2 aromatic heterocycles. The lowest BCUT2D eigenvalue weighted by atomic mass is 10.1. The van der Waals surface area contributed by atoms with Gasteiger partial charge in [0, 0.05) is 45.7 Å². The molecule has 2 heterocycles. The summed E-state index contributed by atoms with van der Waals surface area (Å²) in [6, 6.07) is 22.8. The Balaban J connectivity index is 1.60. The summed E-state index contributed by atoms with van der Waals surface area (Å²) in [6.07, 6.45) is 1.85. The van der Waals surface area contributed by atoms with Gasteiger partial charge in [-0.2, -0.15) is 5.10 Å². The Kier molecular flexibility index (Phi) is 7.98. The smallest absolute Gasteiger partial charge is 0.269 e. The first-order chi connectivity index (χ1) is 19.8. The number of para-hydroxylation sites is 1. The van der Waals surface area contributed by atoms with Crippen LogP contribution in [-0.2, 0) is 0 Å². The summed E-state index contributed by atoms with van der Waals surface area (Å²) in [6.45, 7) is 10.8. The maximum atomic E-state index is 11.2. The Bertz CT molecular complexity index is 1790. The van der Waals surface area contributed by atoms with Crippen LogP contribution in [0, 0.1) is 37.8 Å². The predicted octanol–water partition coefficient (Wildman–Crippen LogP) is 7.66. The Morgan fingerprint density at radius 1 is 0.976 bits per heavy atom. The van der Waals surface area contributed by atoms with Gasteiger partial charge in [0.05, 0.1) is 29.1 Å². The number of rotatable bonds is 8. The first-order valence-corrected chi connectivity index (χ1v) is 14.2. The normalized spacial score (nSPS) is 11.9. The molecule has 0 saturated heterocycles. The fourth-order valence-corrected chi connectivity index (χ4v) is 5.65. The number of aryl methyl sites for hydroxylation is 3. The van der Waals surface area contributed by atoms with Crippen LogP contribution < -0.4 is 9.54 Å². The topological polar surface area (TPSA) is 87.0 Å². The van der Waals surface area contributed by atoms with Crippen molar-refractivity contribution in [1.82, 2.24) is 9.24 Å². The summed E-state index contributed by atoms with van der Waals surface area (Å²) >= 11 is 1.48. The Hall–Kier alpha value is -4.76. The van der Waals surface area contributed by atoms with E-state index in [1.54, 1.807) is 16.8 Å². The van der Waals surface area contributed by atoms with Crippen LogP contribution in [-0.4, -0.2) is 27.0 Å². The van der Waals surface area contributed by atoms with E-state index < -0.39 is 4.92 Å². The van der Waals surface area contributed by atoms with Crippen LogP contribution in [0.25, 0.3) is 16.9 Å². The molecule has 5 rings (SSSR count). The Labute approximate surface area is 242 Å². The van der Waals surface area contributed by atoms with Gasteiger partial charge >= 0.3 is 0 Å². The van der Waals surface area contributed by atoms with Crippen LogP contribution in [0.1, 0.15) is 35.0 Å². The quantitative estimate of drug-likeness (QED) is 0.110. The summed E-state index contributed by atoms with van der Waals surface area (Å²) in [5, 5.41) is 18.1. The van der Waals surface area contributed by atoms with Crippen molar-refractivity contribution in [1.29, 1.82) is 0 Å². The molecule has 0 spiro atoms. The van der Waals surface area contributed by atoms with Crippen LogP contribution in [0.15, 0.2) is 88.3 Å². The molecule has 0 saturated carbocycles. The molecule has 0 N–H and O–H groups in total. The molecule has 5 aromatic rings. The molecule has 0 unspecified atom stereocenters. The number of non-ortho nitro benzene ring substituents is 1. The molecule has 0 amide bonds. The van der Waals surface area contributed by atoms with Gasteiger partial charge in [-0.25, -0.2) is 9.67 Å². The van der Waals surface area contributed by atoms with Crippen molar-refractivity contribution in [2.24, 2.45) is 10.1 Å². The average Bonchev–Trinajstić information content (AvgIpc) is 3.49. The molecular formula is C32H31N5O3S. The van der Waals surface area contributed by atoms with Crippen molar-refractivity contribution >= 4 is 28.9 Å². The molecule has 0 fully saturated rings. The summed E-state index contributed by atoms with van der Waals surface area (Å²) in [5.41, 5.74) is 8.86. The highest BCUT2D eigenvalue weighted by atomic mass is 32.1. The SMILES string of the molecule is CCOc1ccc(-n2c(C)cc(/C=N\n3c(-c4ccc([N+](=O)[O-])cc4)csc3=Nc3c(C)cccc3C)c2C)cc1. The van der Waals surface area contributed by atoms with E-state index in [1.165, 1.54) is 23.5 Å². The minimum Gasteiger partial charge on any atom is -0.494 e. The zero-order valence-corrected chi connectivity index (χ0v) is 24.5. The van der Waals surface area contributed by atoms with Gasteiger partial charge in [0.25, 0.3) is 5.69 Å². The van der Waals surface area contributed by atoms with Crippen LogP contribution in [0.2, 0.25) is 0 Å². The van der Waals surface area contributed by atoms with Gasteiger partial charge in [-0.05, 0) is 88.2 Å². The molecule has 0 aliphatic rings. The first kappa shape index (κ1) is 27.8. The molecule has 0 bridgehead atoms. The lowest BCUT2D eigenvalue weighted by Crippen LogP contribution is -2.12. The highest BCUT2D eigenvalue weighted by Crippen LogP contribution is 2.27. The summed E-state index contributed by atoms with van der Waals surface area (Å²) in [5.74, 6) is 0.841. The minimum absolute atomic E-state index is 0.0428. The molecule has 3 aromatic carbocycles. The average molecular weight is 566 g/mol. The number of benzene rings is 3. The second-order valence-corrected chi connectivity index (χ2v) is 10.5. The lowest BCUT2D eigenvalue weighted by molar-refractivity contribution is -0.384. The van der Waals surface area contributed by atoms with E-state index in [9.17, 15) is 10.1 Å². The van der Waals surface area contributed by atoms with E-state index in [2.05, 4.69) is 24.5 Å². The summed E-state index contributed by atoms with van der Waals surface area (Å²) in [7, 11) is 0. The van der Waals surface area contributed by atoms with Gasteiger partial charge in [0.15, 0.2) is 0 Å². The van der Waals surface area contributed by atoms with Crippen molar-refractivity contribution in [3.63, 3.8) is 0 Å². The molecule has 8 nitrogen and oxygen atoms in total. The lowest BCUT2D eigenvalue weighted by Gasteiger charge is -2.11. The van der Waals surface area contributed by atoms with E-state index in [-0.39, 0.29) is 5.69 Å². The first-order valence-electron chi connectivity index (χ1n) is 13.3. The minimum atomic E-state index is -0.397. The number of hydrogen-bond acceptors (Lipinski definition) is 6. The van der Waals surface area contributed by atoms with Gasteiger partial charge < -0.3 is 9.30 Å². The second-order valence-electron chi connectivity index (χ2n) is 9.70. The Morgan fingerprint density at radius 3 is 2.29 bits per heavy atom. The van der Waals surface area contributed by atoms with Crippen molar-refractivity contribution in [3.05, 3.63) is 121 Å². The van der Waals surface area contributed by atoms with Gasteiger partial charge in [-0.15, -0.1) is 11.3 Å². The second kappa shape index (κ2) is 11.8. The van der Waals surface area contributed by atoms with Gasteiger partial charge in [-0.3, -0.25) is 10.1 Å². The number of nitro groups is 1. The zero-order chi connectivity index (χ0) is 29.1. The van der Waals surface area contributed by atoms with Crippen LogP contribution in [0.3, 0.4) is 0 Å². The number of nitrogens with zero attached hydrogens (tertiary/aromatic N) is 5. The van der Waals surface area contributed by atoms with Crippen molar-refractivity contribution in [2.45, 2.75) is 34.6 Å². The van der Waals surface area contributed by atoms with E-state index >= 15 is 0 Å². The molecule has 0 radical (unpaired) electrons. The molecule has 9 heteroatoms. The maximum Gasteiger partial charge on any atom is 0.269 e. The van der Waals surface area contributed by atoms with E-state index in [4.69, 9.17) is 14.8 Å². The van der Waals surface area contributed by atoms with Crippen molar-refractivity contribution in [2.75, 3.05) is 6.61 Å². The molecular weight excluding hydrogens is 534 g/mol. The van der Waals surface area contributed by atoms with E-state index in [1.807, 2.05) is 74.8 Å². The van der Waals surface area contributed by atoms with Crippen LogP contribution in [0.4, 0.5) is 11.4 Å². The number of aromatic nitrogens is 2. The third kappa shape index (κ3) is 5.76. The summed E-state index contributed by atoms with van der Waals surface area (Å²) in [4.78, 5) is 16.5. The predicted molar refractivity (Wildman–Crippen MR) is 165 cm³/mol. The Morgan fingerprint density at radius 2 is 1.66 bits per heavy atom. The number of thiazole rings is 1. The van der Waals surface area contributed by atoms with Crippen LogP contribution in [0.5, 0.6) is 5.75 Å². The molecule has 0 aliphatic carbocycles. The molecule has 0 aliphatic heterocycles. The molecule has 0 atom stereocenters. The summed E-state index contributed by atoms with van der Waals surface area (Å²) < 4.78 is 9.60. The zero-order valence-electron chi connectivity index (χ0n) is 23.7. The third-order valence-corrected chi connectivity index (χ3v) is 7.71. The fraction of sp³-hybridized carbons (Fsp3) is 0.188. The fourth-order valence-electron chi connectivity index (χ4n) is 4.81. The van der Waals surface area contributed by atoms with Crippen molar-refractivity contribution < 1.29 is 9.66 Å². The monoisotopic (exact) mass is 565 g/mol. The largest absolute Gasteiger partial charge is 0.494 e. The number of ether oxygens (including phenoxy) is 1. The number of nitro benzene ring substituents is 1. The third-order valence-electron chi connectivity index (χ3n) is 6.89. The van der Waals surface area contributed by atoms with Crippen LogP contribution >= 0.6 is 11.3 Å². The van der Waals surface area contributed by atoms with E-state index in [0.717, 1.165) is 56.5 Å². The van der Waals surface area contributed by atoms with Crippen molar-refractivity contribution in [3.8, 4) is 22.7 Å². The highest BCUT2D eigenvalue weighted by molar-refractivity contribution is 7.07. The number of hydrogen-bond donors (Lipinski definition) is 0. The maximum absolute atomic E-state index is 11.2. The van der Waals surface area contributed by atoms with Gasteiger partial charge in [0.2, 0.25) is 4.80 Å². The molecule has 41 heavy (non-hydrogen) atoms. The van der Waals surface area contributed by atoms with Gasteiger partial charge in [0.1, 0.15) is 5.75 Å². The highest BCUT2D eigenvalue weighted by Gasteiger charge is 2.13. The van der Waals surface area contributed by atoms with E-state index in [0.29, 0.717) is 11.4 Å².